The molecule has 1 N–H and O–H groups in total. The summed E-state index contributed by atoms with van der Waals surface area (Å²) in [5.41, 5.74) is 1.74. The summed E-state index contributed by atoms with van der Waals surface area (Å²) in [6.07, 6.45) is 6.17. The topological polar surface area (TPSA) is 79.7 Å². The third-order valence-electron chi connectivity index (χ3n) is 5.08. The number of nitrogens with zero attached hydrogens (tertiary/aromatic N) is 2. The minimum Gasteiger partial charge on any atom is -0.481 e. The molecule has 1 aromatic carbocycles. The van der Waals surface area contributed by atoms with Crippen LogP contribution < -0.4 is 9.64 Å². The van der Waals surface area contributed by atoms with Crippen molar-refractivity contribution in [3.63, 3.8) is 0 Å². The Hall–Kier alpha value is -2.89. The summed E-state index contributed by atoms with van der Waals surface area (Å²) in [7, 11) is 0. The first-order valence-corrected chi connectivity index (χ1v) is 8.90. The van der Waals surface area contributed by atoms with E-state index < -0.39 is 11.9 Å². The van der Waals surface area contributed by atoms with E-state index in [1.165, 1.54) is 23.9 Å². The zero-order chi connectivity index (χ0) is 18.1. The first kappa shape index (κ1) is 16.6. The van der Waals surface area contributed by atoms with Crippen molar-refractivity contribution in [3.8, 4) is 5.88 Å². The van der Waals surface area contributed by atoms with E-state index in [0.29, 0.717) is 22.7 Å². The SMILES string of the molecule is O=C(O)C1CN(C(=O)c2ccc(OC3CCCC3)nc2)c2ccccc21. The second-order valence-corrected chi connectivity index (χ2v) is 6.77. The van der Waals surface area contributed by atoms with E-state index in [1.54, 1.807) is 36.4 Å². The second kappa shape index (κ2) is 6.78. The van der Waals surface area contributed by atoms with E-state index in [1.807, 2.05) is 0 Å². The van der Waals surface area contributed by atoms with Crippen LogP contribution in [0.1, 0.15) is 47.5 Å². The van der Waals surface area contributed by atoms with Crippen molar-refractivity contribution in [2.45, 2.75) is 37.7 Å². The molecule has 2 heterocycles. The van der Waals surface area contributed by atoms with E-state index in [0.717, 1.165) is 12.8 Å². The van der Waals surface area contributed by atoms with Gasteiger partial charge in [0.15, 0.2) is 0 Å². The number of ether oxygens (including phenoxy) is 1. The third-order valence-corrected chi connectivity index (χ3v) is 5.08. The van der Waals surface area contributed by atoms with Crippen LogP contribution in [0.3, 0.4) is 0 Å². The lowest BCUT2D eigenvalue weighted by atomic mass is 10.0. The van der Waals surface area contributed by atoms with E-state index in [-0.39, 0.29) is 18.6 Å². The fraction of sp³-hybridized carbons (Fsp3) is 0.350. The number of carboxylic acid groups (broad SMARTS) is 1. The van der Waals surface area contributed by atoms with Crippen molar-refractivity contribution < 1.29 is 19.4 Å². The van der Waals surface area contributed by atoms with E-state index in [4.69, 9.17) is 4.74 Å². The van der Waals surface area contributed by atoms with Crippen LogP contribution in [0.4, 0.5) is 5.69 Å². The van der Waals surface area contributed by atoms with Crippen molar-refractivity contribution in [2.75, 3.05) is 11.4 Å². The average Bonchev–Trinajstić information content (AvgIpc) is 3.29. The molecule has 0 radical (unpaired) electrons. The Balaban J connectivity index is 1.53. The van der Waals surface area contributed by atoms with Crippen LogP contribution in [0.5, 0.6) is 5.88 Å². The summed E-state index contributed by atoms with van der Waals surface area (Å²) in [6.45, 7) is 0.133. The minimum atomic E-state index is -0.925. The van der Waals surface area contributed by atoms with Gasteiger partial charge in [-0.15, -0.1) is 0 Å². The Morgan fingerprint density at radius 1 is 1.12 bits per heavy atom. The molecular formula is C20H20N2O4. The summed E-state index contributed by atoms with van der Waals surface area (Å²) in [4.78, 5) is 30.2. The number of fused-ring (bicyclic) bond motifs is 1. The number of hydrogen-bond acceptors (Lipinski definition) is 4. The van der Waals surface area contributed by atoms with Crippen molar-refractivity contribution in [1.29, 1.82) is 0 Å². The number of aliphatic carboxylic acids is 1. The van der Waals surface area contributed by atoms with Gasteiger partial charge in [0.2, 0.25) is 5.88 Å². The Labute approximate surface area is 151 Å². The number of para-hydroxylation sites is 1. The highest BCUT2D eigenvalue weighted by Crippen LogP contribution is 2.37. The Bertz CT molecular complexity index is 828. The number of carbonyl (C=O) groups is 2. The van der Waals surface area contributed by atoms with Crippen molar-refractivity contribution in [3.05, 3.63) is 53.7 Å². The number of pyridine rings is 1. The highest BCUT2D eigenvalue weighted by molar-refractivity contribution is 6.08. The number of rotatable bonds is 4. The molecule has 6 nitrogen and oxygen atoms in total. The lowest BCUT2D eigenvalue weighted by molar-refractivity contribution is -0.138. The van der Waals surface area contributed by atoms with Crippen LogP contribution in [-0.2, 0) is 4.79 Å². The van der Waals surface area contributed by atoms with Crippen LogP contribution in [0, 0.1) is 0 Å². The average molecular weight is 352 g/mol. The van der Waals surface area contributed by atoms with Gasteiger partial charge < -0.3 is 14.7 Å². The van der Waals surface area contributed by atoms with Crippen LogP contribution in [0.25, 0.3) is 0 Å². The van der Waals surface area contributed by atoms with Crippen LogP contribution in [0.2, 0.25) is 0 Å². The van der Waals surface area contributed by atoms with Gasteiger partial charge in [-0.05, 0) is 43.4 Å². The maximum absolute atomic E-state index is 12.9. The van der Waals surface area contributed by atoms with Gasteiger partial charge >= 0.3 is 5.97 Å². The standard InChI is InChI=1S/C20H20N2O4/c23-19(13-9-10-18(21-11-13)26-14-5-1-2-6-14)22-12-16(20(24)25)15-7-3-4-8-17(15)22/h3-4,7-11,14,16H,1-2,5-6,12H2,(H,24,25). The summed E-state index contributed by atoms with van der Waals surface area (Å²) >= 11 is 0. The van der Waals surface area contributed by atoms with Gasteiger partial charge in [0, 0.05) is 24.5 Å². The number of benzene rings is 1. The third kappa shape index (κ3) is 3.03. The first-order valence-electron chi connectivity index (χ1n) is 8.90. The summed E-state index contributed by atoms with van der Waals surface area (Å²) in [5.74, 6) is -1.35. The molecule has 1 aromatic heterocycles. The molecule has 1 aliphatic carbocycles. The number of carbonyl (C=O) groups excluding carboxylic acids is 1. The zero-order valence-corrected chi connectivity index (χ0v) is 14.3. The Morgan fingerprint density at radius 3 is 2.58 bits per heavy atom. The largest absolute Gasteiger partial charge is 0.481 e. The zero-order valence-electron chi connectivity index (χ0n) is 14.3. The van der Waals surface area contributed by atoms with E-state index in [9.17, 15) is 14.7 Å². The van der Waals surface area contributed by atoms with Crippen molar-refractivity contribution >= 4 is 17.6 Å². The number of hydrogen-bond donors (Lipinski definition) is 1. The molecule has 1 aliphatic heterocycles. The maximum Gasteiger partial charge on any atom is 0.312 e. The summed E-state index contributed by atoms with van der Waals surface area (Å²) in [6, 6.07) is 10.5. The minimum absolute atomic E-state index is 0.133. The molecule has 0 bridgehead atoms. The highest BCUT2D eigenvalue weighted by Gasteiger charge is 2.36. The Kier molecular flexibility index (Phi) is 4.32. The number of carboxylic acids is 1. The highest BCUT2D eigenvalue weighted by atomic mass is 16.5. The van der Waals surface area contributed by atoms with Crippen LogP contribution in [0.15, 0.2) is 42.6 Å². The number of amides is 1. The Morgan fingerprint density at radius 2 is 1.88 bits per heavy atom. The monoisotopic (exact) mass is 352 g/mol. The van der Waals surface area contributed by atoms with Gasteiger partial charge in [-0.25, -0.2) is 4.98 Å². The van der Waals surface area contributed by atoms with Gasteiger partial charge in [0.05, 0.1) is 5.56 Å². The molecule has 1 unspecified atom stereocenters. The molecule has 4 rings (SSSR count). The van der Waals surface area contributed by atoms with Gasteiger partial charge in [-0.2, -0.15) is 0 Å². The van der Waals surface area contributed by atoms with E-state index >= 15 is 0 Å². The fourth-order valence-corrected chi connectivity index (χ4v) is 3.72. The molecule has 26 heavy (non-hydrogen) atoms. The van der Waals surface area contributed by atoms with Gasteiger partial charge in [-0.3, -0.25) is 9.59 Å². The van der Waals surface area contributed by atoms with E-state index in [2.05, 4.69) is 4.98 Å². The molecule has 6 heteroatoms. The summed E-state index contributed by atoms with van der Waals surface area (Å²) in [5, 5.41) is 9.44. The normalized spacial score (nSPS) is 19.4. The van der Waals surface area contributed by atoms with Crippen LogP contribution >= 0.6 is 0 Å². The molecule has 2 aromatic rings. The fourth-order valence-electron chi connectivity index (χ4n) is 3.72. The molecule has 0 spiro atoms. The molecular weight excluding hydrogens is 332 g/mol. The van der Waals surface area contributed by atoms with Crippen molar-refractivity contribution in [2.24, 2.45) is 0 Å². The lowest BCUT2D eigenvalue weighted by Gasteiger charge is -2.18. The maximum atomic E-state index is 12.9. The molecule has 134 valence electrons. The summed E-state index contributed by atoms with van der Waals surface area (Å²) < 4.78 is 5.83. The second-order valence-electron chi connectivity index (χ2n) is 6.77. The van der Waals surface area contributed by atoms with Gasteiger partial charge in [0.25, 0.3) is 5.91 Å². The predicted molar refractivity (Wildman–Crippen MR) is 95.6 cm³/mol. The molecule has 0 saturated heterocycles. The predicted octanol–water partition coefficient (Wildman–Crippen LogP) is 3.23. The van der Waals surface area contributed by atoms with Gasteiger partial charge in [0.1, 0.15) is 12.0 Å². The van der Waals surface area contributed by atoms with Gasteiger partial charge in [-0.1, -0.05) is 18.2 Å². The quantitative estimate of drug-likeness (QED) is 0.914. The molecule has 1 saturated carbocycles. The molecule has 2 aliphatic rings. The van der Waals surface area contributed by atoms with Crippen LogP contribution in [-0.4, -0.2) is 34.6 Å². The number of anilines is 1. The molecule has 1 amide bonds. The molecule has 1 atom stereocenters. The lowest BCUT2D eigenvalue weighted by Crippen LogP contribution is -2.31. The molecule has 1 fully saturated rings. The van der Waals surface area contributed by atoms with Crippen molar-refractivity contribution in [1.82, 2.24) is 4.98 Å². The number of aromatic nitrogens is 1. The smallest absolute Gasteiger partial charge is 0.312 e. The first-order chi connectivity index (χ1) is 12.6.